The zero-order valence-electron chi connectivity index (χ0n) is 28.5. The van der Waals surface area contributed by atoms with Crippen LogP contribution in [0.2, 0.25) is 0 Å². The van der Waals surface area contributed by atoms with Gasteiger partial charge >= 0.3 is 5.97 Å². The first-order valence-corrected chi connectivity index (χ1v) is 18.5. The molecule has 0 radical (unpaired) electrons. The molecule has 1 heterocycles. The molecule has 0 saturated carbocycles. The second-order valence-electron chi connectivity index (χ2n) is 13.3. The number of carboxylic acids is 1. The Hall–Kier alpha value is -5.01. The van der Waals surface area contributed by atoms with Gasteiger partial charge in [-0.1, -0.05) is 91.0 Å². The lowest BCUT2D eigenvalue weighted by Crippen LogP contribution is -2.57. The molecular weight excluding hydrogens is 771 g/mol. The Morgan fingerprint density at radius 3 is 1.63 bits per heavy atom. The molecule has 1 saturated heterocycles. The van der Waals surface area contributed by atoms with Crippen LogP contribution in [-0.4, -0.2) is 65.1 Å². The van der Waals surface area contributed by atoms with Gasteiger partial charge < -0.3 is 31.5 Å². The van der Waals surface area contributed by atoms with Gasteiger partial charge in [0.15, 0.2) is 0 Å². The van der Waals surface area contributed by atoms with Crippen molar-refractivity contribution in [1.29, 1.82) is 0 Å². The number of carbonyl (C=O) groups excluding carboxylic acids is 3. The minimum Gasteiger partial charge on any atom is -0.507 e. The summed E-state index contributed by atoms with van der Waals surface area (Å²) in [6.45, 7) is 1.42. The predicted molar refractivity (Wildman–Crippen MR) is 209 cm³/mol. The monoisotopic (exact) mass is 812 g/mol. The van der Waals surface area contributed by atoms with Crippen LogP contribution in [-0.2, 0) is 38.4 Å². The Balaban J connectivity index is 1.28. The molecule has 0 bridgehead atoms. The van der Waals surface area contributed by atoms with Crippen LogP contribution < -0.4 is 21.3 Å². The number of phenols is 1. The van der Waals surface area contributed by atoms with Crippen LogP contribution >= 0.6 is 22.6 Å². The number of aliphatic carboxylic acids is 1. The molecular formula is C41H41IN4O6. The van der Waals surface area contributed by atoms with Crippen LogP contribution in [0.1, 0.15) is 29.5 Å². The summed E-state index contributed by atoms with van der Waals surface area (Å²) in [5, 5.41) is 35.9. The molecule has 3 atom stereocenters. The van der Waals surface area contributed by atoms with Crippen molar-refractivity contribution in [2.45, 2.75) is 50.2 Å². The first-order valence-electron chi connectivity index (χ1n) is 17.4. The molecule has 0 aliphatic carbocycles. The molecule has 268 valence electrons. The van der Waals surface area contributed by atoms with Crippen molar-refractivity contribution in [3.63, 3.8) is 0 Å². The fourth-order valence-corrected chi connectivity index (χ4v) is 7.23. The second-order valence-corrected chi connectivity index (χ2v) is 14.5. The highest BCUT2D eigenvalue weighted by Gasteiger charge is 2.32. The fraction of sp³-hybridized carbons (Fsp3) is 0.268. The Labute approximate surface area is 315 Å². The number of carboxylic acid groups (broad SMARTS) is 1. The van der Waals surface area contributed by atoms with E-state index in [4.69, 9.17) is 0 Å². The first-order chi connectivity index (χ1) is 25.1. The highest BCUT2D eigenvalue weighted by molar-refractivity contribution is 14.1. The zero-order chi connectivity index (χ0) is 36.6. The summed E-state index contributed by atoms with van der Waals surface area (Å²) in [7, 11) is 0. The molecule has 5 aromatic carbocycles. The van der Waals surface area contributed by atoms with E-state index in [1.165, 1.54) is 6.07 Å². The van der Waals surface area contributed by atoms with Crippen LogP contribution in [0.3, 0.4) is 0 Å². The molecule has 1 aliphatic rings. The number of benzene rings is 5. The summed E-state index contributed by atoms with van der Waals surface area (Å²) in [4.78, 5) is 54.2. The lowest BCUT2D eigenvalue weighted by Gasteiger charge is -2.27. The van der Waals surface area contributed by atoms with Crippen molar-refractivity contribution >= 4 is 67.8 Å². The molecule has 1 fully saturated rings. The Morgan fingerprint density at radius 2 is 1.10 bits per heavy atom. The summed E-state index contributed by atoms with van der Waals surface area (Å²) in [6.07, 6.45) is 1.54. The predicted octanol–water partition coefficient (Wildman–Crippen LogP) is 4.87. The van der Waals surface area contributed by atoms with E-state index in [9.17, 15) is 29.4 Å². The van der Waals surface area contributed by atoms with Gasteiger partial charge in [-0.2, -0.15) is 0 Å². The number of nitrogens with one attached hydrogen (secondary N) is 4. The van der Waals surface area contributed by atoms with Crippen molar-refractivity contribution in [2.75, 3.05) is 13.1 Å². The maximum Gasteiger partial charge on any atom is 0.326 e. The Bertz CT molecular complexity index is 2100. The van der Waals surface area contributed by atoms with Gasteiger partial charge in [-0.3, -0.25) is 14.4 Å². The summed E-state index contributed by atoms with van der Waals surface area (Å²) >= 11 is 1.96. The molecule has 52 heavy (non-hydrogen) atoms. The average molecular weight is 813 g/mol. The number of hydrogen-bond donors (Lipinski definition) is 6. The molecule has 5 aromatic rings. The zero-order valence-corrected chi connectivity index (χ0v) is 30.6. The quantitative estimate of drug-likeness (QED) is 0.0928. The number of amides is 3. The van der Waals surface area contributed by atoms with Gasteiger partial charge in [0.1, 0.15) is 23.9 Å². The van der Waals surface area contributed by atoms with Gasteiger partial charge in [-0.05, 0) is 98.9 Å². The smallest absolute Gasteiger partial charge is 0.326 e. The third-order valence-corrected chi connectivity index (χ3v) is 10.4. The van der Waals surface area contributed by atoms with Crippen LogP contribution in [0.25, 0.3) is 21.5 Å². The topological polar surface area (TPSA) is 157 Å². The summed E-state index contributed by atoms with van der Waals surface area (Å²) in [5.41, 5.74) is 2.22. The summed E-state index contributed by atoms with van der Waals surface area (Å²) in [5.74, 6) is -2.84. The summed E-state index contributed by atoms with van der Waals surface area (Å²) < 4.78 is 0.552. The first kappa shape index (κ1) is 36.8. The highest BCUT2D eigenvalue weighted by atomic mass is 127. The van der Waals surface area contributed by atoms with E-state index in [-0.39, 0.29) is 36.8 Å². The minimum atomic E-state index is -1.31. The lowest BCUT2D eigenvalue weighted by molar-refractivity contribution is -0.142. The Kier molecular flexibility index (Phi) is 12.0. The number of hydrogen-bond acceptors (Lipinski definition) is 6. The van der Waals surface area contributed by atoms with Crippen molar-refractivity contribution in [2.24, 2.45) is 5.92 Å². The average Bonchev–Trinajstić information content (AvgIpc) is 3.15. The highest BCUT2D eigenvalue weighted by Crippen LogP contribution is 2.22. The van der Waals surface area contributed by atoms with E-state index in [0.717, 1.165) is 32.7 Å². The number of carbonyl (C=O) groups is 4. The number of halogens is 1. The molecule has 6 N–H and O–H groups in total. The van der Waals surface area contributed by atoms with Crippen LogP contribution in [0.4, 0.5) is 0 Å². The van der Waals surface area contributed by atoms with Crippen LogP contribution in [0, 0.1) is 9.49 Å². The van der Waals surface area contributed by atoms with Crippen LogP contribution in [0.15, 0.2) is 103 Å². The van der Waals surface area contributed by atoms with Crippen molar-refractivity contribution in [3.8, 4) is 5.75 Å². The largest absolute Gasteiger partial charge is 0.507 e. The van der Waals surface area contributed by atoms with E-state index < -0.39 is 35.9 Å². The number of piperidine rings is 1. The SMILES string of the molecule is O=C(NC(Cc1ccc2ccccc2c1)C(=O)NC(Cc1ccc2ccccc2c1)C(=O)NC(Cc1ccc(O)c(I)c1)C(=O)O)C1CCNCC1. The molecule has 11 heteroatoms. The van der Waals surface area contributed by atoms with Gasteiger partial charge in [0.2, 0.25) is 17.7 Å². The molecule has 1 aliphatic heterocycles. The van der Waals surface area contributed by atoms with E-state index in [1.807, 2.05) is 108 Å². The molecule has 3 unspecified atom stereocenters. The third kappa shape index (κ3) is 9.45. The molecule has 3 amide bonds. The Morgan fingerprint density at radius 1 is 0.635 bits per heavy atom. The molecule has 6 rings (SSSR count). The minimum absolute atomic E-state index is 0.0368. The molecule has 10 nitrogen and oxygen atoms in total. The molecule has 0 aromatic heterocycles. The normalized spacial score (nSPS) is 15.0. The van der Waals surface area contributed by atoms with Crippen molar-refractivity contribution in [3.05, 3.63) is 123 Å². The van der Waals surface area contributed by atoms with Gasteiger partial charge in [0.25, 0.3) is 0 Å². The summed E-state index contributed by atoms with van der Waals surface area (Å²) in [6, 6.07) is 28.6. The number of rotatable bonds is 13. The standard InChI is InChI=1S/C41H41IN4O6/c42-33-21-27(11-14-37(33)47)24-36(41(51)52)46-40(50)35(23-26-10-13-29-6-2-4-8-32(29)20-26)45-39(49)34(44-38(48)30-15-17-43-18-16-30)22-25-9-12-28-5-1-3-7-31(28)19-25/h1-14,19-21,30,34-36,43,47H,15-18,22-24H2,(H,44,48)(H,45,49)(H,46,50)(H,51,52). The van der Waals surface area contributed by atoms with Crippen molar-refractivity contribution in [1.82, 2.24) is 21.3 Å². The molecule has 0 spiro atoms. The van der Waals surface area contributed by atoms with E-state index in [1.54, 1.807) is 12.1 Å². The van der Waals surface area contributed by atoms with Crippen molar-refractivity contribution < 1.29 is 29.4 Å². The maximum atomic E-state index is 14.3. The number of fused-ring (bicyclic) bond motifs is 2. The maximum absolute atomic E-state index is 14.3. The van der Waals surface area contributed by atoms with Gasteiger partial charge in [0.05, 0.1) is 3.57 Å². The number of aromatic hydroxyl groups is 1. The number of phenolic OH excluding ortho intramolecular Hbond substituents is 1. The van der Waals surface area contributed by atoms with E-state index in [0.29, 0.717) is 35.1 Å². The van der Waals surface area contributed by atoms with Crippen LogP contribution in [0.5, 0.6) is 5.75 Å². The van der Waals surface area contributed by atoms with E-state index in [2.05, 4.69) is 21.3 Å². The fourth-order valence-electron chi connectivity index (χ4n) is 6.65. The van der Waals surface area contributed by atoms with E-state index >= 15 is 0 Å². The second kappa shape index (κ2) is 17.0. The van der Waals surface area contributed by atoms with Gasteiger partial charge in [-0.15, -0.1) is 0 Å². The third-order valence-electron chi connectivity index (χ3n) is 9.55. The lowest BCUT2D eigenvalue weighted by atomic mass is 9.95. The van der Waals surface area contributed by atoms with Gasteiger partial charge in [-0.25, -0.2) is 4.79 Å². The van der Waals surface area contributed by atoms with Gasteiger partial charge in [0, 0.05) is 25.2 Å².